The van der Waals surface area contributed by atoms with Gasteiger partial charge in [-0.25, -0.2) is 0 Å². The lowest BCUT2D eigenvalue weighted by atomic mass is 10.2. The highest BCUT2D eigenvalue weighted by Gasteiger charge is 2.44. The van der Waals surface area contributed by atoms with Crippen LogP contribution in [-0.4, -0.2) is 46.9 Å². The van der Waals surface area contributed by atoms with E-state index >= 15 is 0 Å². The summed E-state index contributed by atoms with van der Waals surface area (Å²) in [5.74, 6) is 0. The SMILES string of the molecule is CCO[Si](CCCNCC(C)N)(OCC)OC(C)(N)CC. The zero-order chi connectivity index (χ0) is 16.4. The van der Waals surface area contributed by atoms with E-state index in [-0.39, 0.29) is 6.04 Å². The molecule has 0 aliphatic rings. The second kappa shape index (κ2) is 10.7. The smallest absolute Gasteiger partial charge is 0.374 e. The standard InChI is InChI=1S/C14H35N3O3Si/c1-6-14(5,16)20-21(18-7-2,19-8-3)11-9-10-17-12-13(4)15/h13,17H,6-12,15-16H2,1-5H3. The van der Waals surface area contributed by atoms with Gasteiger partial charge >= 0.3 is 8.80 Å². The number of rotatable bonds is 13. The molecule has 128 valence electrons. The molecule has 0 aliphatic carbocycles. The molecule has 0 heterocycles. The quantitative estimate of drug-likeness (QED) is 0.270. The van der Waals surface area contributed by atoms with Gasteiger partial charge in [0.25, 0.3) is 0 Å². The summed E-state index contributed by atoms with van der Waals surface area (Å²) >= 11 is 0. The molecular formula is C14H35N3O3Si. The van der Waals surface area contributed by atoms with Crippen molar-refractivity contribution < 1.29 is 13.3 Å². The molecule has 0 fully saturated rings. The van der Waals surface area contributed by atoms with E-state index < -0.39 is 14.5 Å². The molecule has 6 nitrogen and oxygen atoms in total. The maximum atomic E-state index is 6.15. The summed E-state index contributed by atoms with van der Waals surface area (Å²) in [6, 6.07) is 0.919. The summed E-state index contributed by atoms with van der Waals surface area (Å²) in [4.78, 5) is 0. The Kier molecular flexibility index (Phi) is 10.6. The first kappa shape index (κ1) is 21.0. The van der Waals surface area contributed by atoms with Gasteiger partial charge in [-0.2, -0.15) is 0 Å². The van der Waals surface area contributed by atoms with Gasteiger partial charge in [0.15, 0.2) is 0 Å². The first-order valence-electron chi connectivity index (χ1n) is 8.04. The molecule has 0 saturated carbocycles. The van der Waals surface area contributed by atoms with Gasteiger partial charge in [0, 0.05) is 31.8 Å². The lowest BCUT2D eigenvalue weighted by Gasteiger charge is -2.36. The molecule has 0 aromatic carbocycles. The van der Waals surface area contributed by atoms with Crippen molar-refractivity contribution in [2.24, 2.45) is 11.5 Å². The topological polar surface area (TPSA) is 91.8 Å². The first-order valence-corrected chi connectivity index (χ1v) is 9.97. The molecule has 0 spiro atoms. The van der Waals surface area contributed by atoms with E-state index in [0.29, 0.717) is 19.6 Å². The van der Waals surface area contributed by atoms with Crippen molar-refractivity contribution >= 4 is 8.80 Å². The van der Waals surface area contributed by atoms with Crippen LogP contribution in [0.2, 0.25) is 6.04 Å². The number of nitrogens with two attached hydrogens (primary N) is 2. The van der Waals surface area contributed by atoms with Crippen LogP contribution in [0.15, 0.2) is 0 Å². The number of hydrogen-bond donors (Lipinski definition) is 3. The summed E-state index contributed by atoms with van der Waals surface area (Å²) in [5, 5.41) is 3.32. The van der Waals surface area contributed by atoms with Crippen LogP contribution < -0.4 is 16.8 Å². The average Bonchev–Trinajstić information content (AvgIpc) is 2.38. The zero-order valence-corrected chi connectivity index (χ0v) is 15.4. The maximum Gasteiger partial charge on any atom is 0.502 e. The van der Waals surface area contributed by atoms with Crippen LogP contribution in [0.3, 0.4) is 0 Å². The summed E-state index contributed by atoms with van der Waals surface area (Å²) in [5.41, 5.74) is 11.2. The first-order chi connectivity index (χ1) is 9.81. The molecule has 5 N–H and O–H groups in total. The van der Waals surface area contributed by atoms with E-state index in [4.69, 9.17) is 24.7 Å². The van der Waals surface area contributed by atoms with Crippen LogP contribution in [0.5, 0.6) is 0 Å². The second-order valence-corrected chi connectivity index (χ2v) is 8.25. The number of hydrogen-bond acceptors (Lipinski definition) is 6. The minimum Gasteiger partial charge on any atom is -0.374 e. The predicted molar refractivity (Wildman–Crippen MR) is 88.9 cm³/mol. The Labute approximate surface area is 131 Å². The van der Waals surface area contributed by atoms with Crippen LogP contribution in [0.4, 0.5) is 0 Å². The molecule has 2 unspecified atom stereocenters. The third kappa shape index (κ3) is 9.57. The Bertz CT molecular complexity index is 260. The Balaban J connectivity index is 4.55. The van der Waals surface area contributed by atoms with Crippen molar-refractivity contribution in [2.45, 2.75) is 65.3 Å². The van der Waals surface area contributed by atoms with E-state index in [2.05, 4.69) is 5.32 Å². The Morgan fingerprint density at radius 2 is 1.76 bits per heavy atom. The molecule has 0 bridgehead atoms. The zero-order valence-electron chi connectivity index (χ0n) is 14.4. The van der Waals surface area contributed by atoms with E-state index in [1.165, 1.54) is 0 Å². The molecule has 0 aromatic rings. The van der Waals surface area contributed by atoms with Gasteiger partial charge in [-0.1, -0.05) is 6.92 Å². The Morgan fingerprint density at radius 3 is 2.19 bits per heavy atom. The summed E-state index contributed by atoms with van der Waals surface area (Å²) < 4.78 is 17.9. The highest BCUT2D eigenvalue weighted by atomic mass is 28.4. The van der Waals surface area contributed by atoms with Crippen LogP contribution in [-0.2, 0) is 13.3 Å². The fourth-order valence-corrected chi connectivity index (χ4v) is 4.86. The van der Waals surface area contributed by atoms with Crippen LogP contribution in [0.25, 0.3) is 0 Å². The Morgan fingerprint density at radius 1 is 1.19 bits per heavy atom. The third-order valence-electron chi connectivity index (χ3n) is 3.12. The molecule has 2 atom stereocenters. The van der Waals surface area contributed by atoms with E-state index in [1.54, 1.807) is 0 Å². The van der Waals surface area contributed by atoms with E-state index in [0.717, 1.165) is 25.6 Å². The number of nitrogens with one attached hydrogen (secondary N) is 1. The maximum absolute atomic E-state index is 6.15. The average molecular weight is 322 g/mol. The van der Waals surface area contributed by atoms with E-state index in [9.17, 15) is 0 Å². The summed E-state index contributed by atoms with van der Waals surface area (Å²) in [6.45, 7) is 12.6. The van der Waals surface area contributed by atoms with Crippen LogP contribution in [0, 0.1) is 0 Å². The van der Waals surface area contributed by atoms with Gasteiger partial charge in [0.05, 0.1) is 0 Å². The van der Waals surface area contributed by atoms with Crippen LogP contribution >= 0.6 is 0 Å². The fraction of sp³-hybridized carbons (Fsp3) is 1.00. The fourth-order valence-electron chi connectivity index (χ4n) is 1.92. The van der Waals surface area contributed by atoms with Crippen molar-refractivity contribution in [1.82, 2.24) is 5.32 Å². The van der Waals surface area contributed by atoms with Crippen molar-refractivity contribution in [2.75, 3.05) is 26.3 Å². The molecule has 0 saturated heterocycles. The lowest BCUT2D eigenvalue weighted by molar-refractivity contribution is -0.0190. The third-order valence-corrected chi connectivity index (χ3v) is 6.32. The van der Waals surface area contributed by atoms with Gasteiger partial charge in [-0.05, 0) is 47.1 Å². The van der Waals surface area contributed by atoms with Crippen molar-refractivity contribution in [3.05, 3.63) is 0 Å². The molecule has 0 radical (unpaired) electrons. The van der Waals surface area contributed by atoms with Crippen molar-refractivity contribution in [3.8, 4) is 0 Å². The minimum absolute atomic E-state index is 0.162. The van der Waals surface area contributed by atoms with E-state index in [1.807, 2.05) is 34.6 Å². The monoisotopic (exact) mass is 321 g/mol. The molecule has 0 amide bonds. The molecule has 0 aliphatic heterocycles. The summed E-state index contributed by atoms with van der Waals surface area (Å²) in [7, 11) is -2.73. The second-order valence-electron chi connectivity index (χ2n) is 5.60. The van der Waals surface area contributed by atoms with Crippen LogP contribution in [0.1, 0.15) is 47.5 Å². The van der Waals surface area contributed by atoms with Gasteiger partial charge in [-0.15, -0.1) is 0 Å². The lowest BCUT2D eigenvalue weighted by Crippen LogP contribution is -2.55. The highest BCUT2D eigenvalue weighted by Crippen LogP contribution is 2.24. The predicted octanol–water partition coefficient (Wildman–Crippen LogP) is 1.43. The van der Waals surface area contributed by atoms with Crippen molar-refractivity contribution in [1.29, 1.82) is 0 Å². The minimum atomic E-state index is -2.73. The summed E-state index contributed by atoms with van der Waals surface area (Å²) in [6.07, 6.45) is 1.63. The van der Waals surface area contributed by atoms with Gasteiger partial charge in [-0.3, -0.25) is 0 Å². The van der Waals surface area contributed by atoms with Crippen molar-refractivity contribution in [3.63, 3.8) is 0 Å². The van der Waals surface area contributed by atoms with Gasteiger partial charge in [0.1, 0.15) is 5.72 Å². The molecule has 0 aromatic heterocycles. The largest absolute Gasteiger partial charge is 0.502 e. The molecule has 0 rings (SSSR count). The van der Waals surface area contributed by atoms with Gasteiger partial charge in [0.2, 0.25) is 0 Å². The Hall–Kier alpha value is -0.0231. The molecule has 7 heteroatoms. The van der Waals surface area contributed by atoms with Gasteiger partial charge < -0.3 is 30.1 Å². The normalized spacial score (nSPS) is 16.7. The molecule has 21 heavy (non-hydrogen) atoms. The molecular weight excluding hydrogens is 286 g/mol. The highest BCUT2D eigenvalue weighted by molar-refractivity contribution is 6.60.